The van der Waals surface area contributed by atoms with Crippen LogP contribution < -0.4 is 5.32 Å². The van der Waals surface area contributed by atoms with Gasteiger partial charge in [0.25, 0.3) is 0 Å². The van der Waals surface area contributed by atoms with Crippen LogP contribution in [0.5, 0.6) is 0 Å². The summed E-state index contributed by atoms with van der Waals surface area (Å²) in [7, 11) is 1.97. The highest BCUT2D eigenvalue weighted by Crippen LogP contribution is 2.25. The molecule has 15 heavy (non-hydrogen) atoms. The number of thiazole rings is 1. The van der Waals surface area contributed by atoms with Crippen LogP contribution in [0.15, 0.2) is 18.2 Å². The van der Waals surface area contributed by atoms with Crippen molar-refractivity contribution in [3.63, 3.8) is 0 Å². The summed E-state index contributed by atoms with van der Waals surface area (Å²) >= 11 is 7.67. The number of hydrogen-bond acceptors (Lipinski definition) is 3. The summed E-state index contributed by atoms with van der Waals surface area (Å²) in [5, 5.41) is 5.09. The van der Waals surface area contributed by atoms with Crippen molar-refractivity contribution in [3.8, 4) is 0 Å². The molecule has 0 aliphatic carbocycles. The monoisotopic (exact) mass is 240 g/mol. The predicted molar refractivity (Wildman–Crippen MR) is 66.9 cm³/mol. The van der Waals surface area contributed by atoms with Crippen LogP contribution in [-0.2, 0) is 6.42 Å². The molecule has 0 saturated carbocycles. The summed E-state index contributed by atoms with van der Waals surface area (Å²) in [4.78, 5) is 4.55. The van der Waals surface area contributed by atoms with Gasteiger partial charge in [0.2, 0.25) is 0 Å². The SMILES string of the molecule is CNCCCc1nc2cc(Cl)ccc2s1. The summed E-state index contributed by atoms with van der Waals surface area (Å²) in [5.41, 5.74) is 1.02. The fourth-order valence-electron chi connectivity index (χ4n) is 1.47. The summed E-state index contributed by atoms with van der Waals surface area (Å²) in [6.45, 7) is 1.04. The number of aromatic nitrogens is 1. The van der Waals surface area contributed by atoms with E-state index in [1.54, 1.807) is 11.3 Å². The molecule has 1 aromatic carbocycles. The van der Waals surface area contributed by atoms with Crippen LogP contribution in [0.3, 0.4) is 0 Å². The number of aryl methyl sites for hydroxylation is 1. The Bertz CT molecular complexity index is 453. The van der Waals surface area contributed by atoms with Gasteiger partial charge in [-0.15, -0.1) is 11.3 Å². The standard InChI is InChI=1S/C11H13ClN2S/c1-13-6-2-3-11-14-9-7-8(12)4-5-10(9)15-11/h4-5,7,13H,2-3,6H2,1H3. The first-order chi connectivity index (χ1) is 7.29. The highest BCUT2D eigenvalue weighted by atomic mass is 35.5. The van der Waals surface area contributed by atoms with Crippen LogP contribution in [-0.4, -0.2) is 18.6 Å². The second-order valence-corrected chi connectivity index (χ2v) is 4.98. The number of nitrogens with zero attached hydrogens (tertiary/aromatic N) is 1. The maximum atomic E-state index is 5.91. The Hall–Kier alpha value is -0.640. The van der Waals surface area contributed by atoms with E-state index in [0.717, 1.165) is 29.9 Å². The number of hydrogen-bond donors (Lipinski definition) is 1. The highest BCUT2D eigenvalue weighted by Gasteiger charge is 2.03. The van der Waals surface area contributed by atoms with Crippen molar-refractivity contribution >= 4 is 33.2 Å². The first-order valence-electron chi connectivity index (χ1n) is 4.99. The van der Waals surface area contributed by atoms with Crippen molar-refractivity contribution in [1.29, 1.82) is 0 Å². The van der Waals surface area contributed by atoms with Gasteiger partial charge in [-0.1, -0.05) is 11.6 Å². The molecule has 1 N–H and O–H groups in total. The van der Waals surface area contributed by atoms with Crippen molar-refractivity contribution in [1.82, 2.24) is 10.3 Å². The average molecular weight is 241 g/mol. The van der Waals surface area contributed by atoms with E-state index >= 15 is 0 Å². The van der Waals surface area contributed by atoms with E-state index in [1.807, 2.05) is 25.2 Å². The molecule has 1 aromatic heterocycles. The van der Waals surface area contributed by atoms with E-state index < -0.39 is 0 Å². The average Bonchev–Trinajstić information content (AvgIpc) is 2.60. The highest BCUT2D eigenvalue weighted by molar-refractivity contribution is 7.18. The van der Waals surface area contributed by atoms with Crippen molar-refractivity contribution in [2.24, 2.45) is 0 Å². The van der Waals surface area contributed by atoms with Gasteiger partial charge in [-0.25, -0.2) is 4.98 Å². The fourth-order valence-corrected chi connectivity index (χ4v) is 2.63. The molecule has 0 aliphatic rings. The molecule has 2 aromatic rings. The molecule has 0 bridgehead atoms. The van der Waals surface area contributed by atoms with Gasteiger partial charge in [-0.2, -0.15) is 0 Å². The van der Waals surface area contributed by atoms with E-state index in [0.29, 0.717) is 0 Å². The quantitative estimate of drug-likeness (QED) is 0.831. The second kappa shape index (κ2) is 4.92. The molecular weight excluding hydrogens is 228 g/mol. The van der Waals surface area contributed by atoms with E-state index in [1.165, 1.54) is 9.71 Å². The molecule has 0 amide bonds. The molecule has 4 heteroatoms. The van der Waals surface area contributed by atoms with E-state index in [2.05, 4.69) is 10.3 Å². The van der Waals surface area contributed by atoms with E-state index in [-0.39, 0.29) is 0 Å². The molecule has 0 unspecified atom stereocenters. The number of halogens is 1. The fraction of sp³-hybridized carbons (Fsp3) is 0.364. The lowest BCUT2D eigenvalue weighted by atomic mass is 10.3. The normalized spacial score (nSPS) is 11.1. The Balaban J connectivity index is 2.16. The second-order valence-electron chi connectivity index (χ2n) is 3.43. The van der Waals surface area contributed by atoms with Gasteiger partial charge >= 0.3 is 0 Å². The van der Waals surface area contributed by atoms with Gasteiger partial charge < -0.3 is 5.32 Å². The Morgan fingerprint density at radius 3 is 3.13 bits per heavy atom. The number of nitrogens with one attached hydrogen (secondary N) is 1. The summed E-state index contributed by atoms with van der Waals surface area (Å²) < 4.78 is 1.22. The molecular formula is C11H13ClN2S. The topological polar surface area (TPSA) is 24.9 Å². The minimum atomic E-state index is 0.759. The maximum Gasteiger partial charge on any atom is 0.0939 e. The third kappa shape index (κ3) is 2.68. The lowest BCUT2D eigenvalue weighted by Gasteiger charge is -1.94. The summed E-state index contributed by atoms with van der Waals surface area (Å²) in [6, 6.07) is 5.88. The first-order valence-corrected chi connectivity index (χ1v) is 6.18. The van der Waals surface area contributed by atoms with E-state index in [4.69, 9.17) is 11.6 Å². The molecule has 0 saturated heterocycles. The van der Waals surface area contributed by atoms with Crippen molar-refractivity contribution in [2.45, 2.75) is 12.8 Å². The van der Waals surface area contributed by atoms with Gasteiger partial charge in [-0.3, -0.25) is 0 Å². The van der Waals surface area contributed by atoms with Gasteiger partial charge in [0.1, 0.15) is 0 Å². The van der Waals surface area contributed by atoms with E-state index in [9.17, 15) is 0 Å². The molecule has 2 nitrogen and oxygen atoms in total. The maximum absolute atomic E-state index is 5.91. The third-order valence-corrected chi connectivity index (χ3v) is 3.54. The molecule has 0 radical (unpaired) electrons. The van der Waals surface area contributed by atoms with Gasteiger partial charge in [0.15, 0.2) is 0 Å². The zero-order chi connectivity index (χ0) is 10.7. The molecule has 80 valence electrons. The number of benzene rings is 1. The predicted octanol–water partition coefficient (Wildman–Crippen LogP) is 3.10. The smallest absolute Gasteiger partial charge is 0.0939 e. The lowest BCUT2D eigenvalue weighted by molar-refractivity contribution is 0.723. The minimum absolute atomic E-state index is 0.759. The van der Waals surface area contributed by atoms with Crippen molar-refractivity contribution in [2.75, 3.05) is 13.6 Å². The van der Waals surface area contributed by atoms with Crippen LogP contribution >= 0.6 is 22.9 Å². The zero-order valence-electron chi connectivity index (χ0n) is 8.59. The van der Waals surface area contributed by atoms with Crippen LogP contribution in [0, 0.1) is 0 Å². The van der Waals surface area contributed by atoms with Gasteiger partial charge in [-0.05, 0) is 38.2 Å². The van der Waals surface area contributed by atoms with Crippen molar-refractivity contribution < 1.29 is 0 Å². The van der Waals surface area contributed by atoms with Crippen LogP contribution in [0.2, 0.25) is 5.02 Å². The molecule has 2 rings (SSSR count). The lowest BCUT2D eigenvalue weighted by Crippen LogP contribution is -2.08. The summed E-state index contributed by atoms with van der Waals surface area (Å²) in [6.07, 6.45) is 2.17. The molecule has 1 heterocycles. The Morgan fingerprint density at radius 2 is 2.33 bits per heavy atom. The van der Waals surface area contributed by atoms with Gasteiger partial charge in [0.05, 0.1) is 15.2 Å². The molecule has 0 atom stereocenters. The van der Waals surface area contributed by atoms with Crippen LogP contribution in [0.25, 0.3) is 10.2 Å². The zero-order valence-corrected chi connectivity index (χ0v) is 10.2. The molecule has 0 aliphatic heterocycles. The Kier molecular flexibility index (Phi) is 3.57. The first kappa shape index (κ1) is 10.9. The third-order valence-electron chi connectivity index (χ3n) is 2.21. The van der Waals surface area contributed by atoms with Gasteiger partial charge in [0, 0.05) is 11.4 Å². The molecule has 0 fully saturated rings. The number of rotatable bonds is 4. The van der Waals surface area contributed by atoms with Crippen LogP contribution in [0.1, 0.15) is 11.4 Å². The van der Waals surface area contributed by atoms with Crippen molar-refractivity contribution in [3.05, 3.63) is 28.2 Å². The minimum Gasteiger partial charge on any atom is -0.320 e. The summed E-state index contributed by atoms with van der Waals surface area (Å²) in [5.74, 6) is 0. The van der Waals surface area contributed by atoms with Crippen LogP contribution in [0.4, 0.5) is 0 Å². The largest absolute Gasteiger partial charge is 0.320 e. The number of fused-ring (bicyclic) bond motifs is 1. The molecule has 0 spiro atoms. The Morgan fingerprint density at radius 1 is 1.47 bits per heavy atom. The Labute approximate surface area is 98.3 Å².